The maximum absolute atomic E-state index is 9.17. The number of aryl methyl sites for hydroxylation is 2. The Bertz CT molecular complexity index is 677. The largest absolute Gasteiger partial charge is 0.396 e. The lowest BCUT2D eigenvalue weighted by atomic mass is 9.99. The van der Waals surface area contributed by atoms with Gasteiger partial charge in [-0.1, -0.05) is 12.1 Å². The van der Waals surface area contributed by atoms with Crippen molar-refractivity contribution < 1.29 is 5.11 Å². The molecule has 0 fully saturated rings. The molecule has 124 valence electrons. The Balaban J connectivity index is 1.82. The van der Waals surface area contributed by atoms with E-state index >= 15 is 0 Å². The molecule has 1 aliphatic rings. The quantitative estimate of drug-likeness (QED) is 0.943. The van der Waals surface area contributed by atoms with Crippen LogP contribution in [0.25, 0.3) is 11.3 Å². The number of aliphatic hydroxyl groups excluding tert-OH is 1. The Morgan fingerprint density at radius 3 is 2.57 bits per heavy atom. The van der Waals surface area contributed by atoms with Gasteiger partial charge >= 0.3 is 0 Å². The van der Waals surface area contributed by atoms with E-state index in [0.717, 1.165) is 38.0 Å². The molecule has 1 unspecified atom stereocenters. The van der Waals surface area contributed by atoms with E-state index in [-0.39, 0.29) is 6.61 Å². The van der Waals surface area contributed by atoms with E-state index in [1.54, 1.807) is 0 Å². The minimum absolute atomic E-state index is 0.272. The van der Waals surface area contributed by atoms with Gasteiger partial charge in [-0.2, -0.15) is 5.10 Å². The van der Waals surface area contributed by atoms with E-state index in [9.17, 15) is 0 Å². The second-order valence-electron chi connectivity index (χ2n) is 6.68. The number of fused-ring (bicyclic) bond motifs is 1. The molecule has 1 aromatic heterocycles. The number of benzene rings is 1. The van der Waals surface area contributed by atoms with E-state index < -0.39 is 0 Å². The smallest absolute Gasteiger partial charge is 0.0681 e. The van der Waals surface area contributed by atoms with Crippen molar-refractivity contribution in [2.24, 2.45) is 7.05 Å². The van der Waals surface area contributed by atoms with Crippen LogP contribution in [0.3, 0.4) is 0 Å². The average Bonchev–Trinajstić information content (AvgIpc) is 2.74. The SMILES string of the molecule is Cc1cc(-c2ccc3c(c2)CCN(C(C)CCO)CC3)n(C)n1. The van der Waals surface area contributed by atoms with E-state index in [2.05, 4.69) is 41.2 Å². The fourth-order valence-corrected chi connectivity index (χ4v) is 3.59. The monoisotopic (exact) mass is 313 g/mol. The molecule has 0 aliphatic carbocycles. The molecule has 4 heteroatoms. The lowest BCUT2D eigenvalue weighted by molar-refractivity contribution is 0.173. The van der Waals surface area contributed by atoms with Crippen LogP contribution in [0, 0.1) is 6.92 Å². The molecule has 1 aromatic carbocycles. The highest BCUT2D eigenvalue weighted by atomic mass is 16.3. The summed E-state index contributed by atoms with van der Waals surface area (Å²) < 4.78 is 1.96. The average molecular weight is 313 g/mol. The number of nitrogens with zero attached hydrogens (tertiary/aromatic N) is 3. The molecule has 0 radical (unpaired) electrons. The highest BCUT2D eigenvalue weighted by molar-refractivity contribution is 5.62. The first-order valence-corrected chi connectivity index (χ1v) is 8.56. The first-order valence-electron chi connectivity index (χ1n) is 8.56. The Hall–Kier alpha value is -1.65. The van der Waals surface area contributed by atoms with Crippen LogP contribution in [0.1, 0.15) is 30.2 Å². The topological polar surface area (TPSA) is 41.3 Å². The van der Waals surface area contributed by atoms with Gasteiger partial charge in [0.05, 0.1) is 11.4 Å². The van der Waals surface area contributed by atoms with Crippen LogP contribution in [-0.4, -0.2) is 45.5 Å². The summed E-state index contributed by atoms with van der Waals surface area (Å²) in [6.45, 7) is 6.68. The third-order valence-electron chi connectivity index (χ3n) is 5.01. The van der Waals surface area contributed by atoms with Crippen molar-refractivity contribution in [3.8, 4) is 11.3 Å². The summed E-state index contributed by atoms with van der Waals surface area (Å²) in [4.78, 5) is 2.50. The van der Waals surface area contributed by atoms with Crippen LogP contribution in [0.2, 0.25) is 0 Å². The Labute approximate surface area is 138 Å². The van der Waals surface area contributed by atoms with E-state index in [4.69, 9.17) is 5.11 Å². The van der Waals surface area contributed by atoms with Crippen molar-refractivity contribution >= 4 is 0 Å². The van der Waals surface area contributed by atoms with Crippen molar-refractivity contribution in [2.75, 3.05) is 19.7 Å². The van der Waals surface area contributed by atoms with Crippen LogP contribution < -0.4 is 0 Å². The van der Waals surface area contributed by atoms with Crippen molar-refractivity contribution in [1.82, 2.24) is 14.7 Å². The summed E-state index contributed by atoms with van der Waals surface area (Å²) in [5.74, 6) is 0. The van der Waals surface area contributed by atoms with E-state index in [0.29, 0.717) is 6.04 Å². The van der Waals surface area contributed by atoms with Gasteiger partial charge in [0.2, 0.25) is 0 Å². The fraction of sp³-hybridized carbons (Fsp3) is 0.526. The Morgan fingerprint density at radius 2 is 1.91 bits per heavy atom. The molecule has 0 spiro atoms. The molecule has 2 aromatic rings. The predicted octanol–water partition coefficient (Wildman–Crippen LogP) is 2.57. The molecule has 0 saturated heterocycles. The van der Waals surface area contributed by atoms with Gasteiger partial charge in [-0.3, -0.25) is 9.58 Å². The second kappa shape index (κ2) is 6.85. The molecule has 23 heavy (non-hydrogen) atoms. The van der Waals surface area contributed by atoms with Gasteiger partial charge in [0.1, 0.15) is 0 Å². The van der Waals surface area contributed by atoms with Crippen molar-refractivity contribution in [3.05, 3.63) is 41.1 Å². The van der Waals surface area contributed by atoms with Crippen molar-refractivity contribution in [2.45, 2.75) is 39.2 Å². The van der Waals surface area contributed by atoms with E-state index in [1.165, 1.54) is 22.4 Å². The van der Waals surface area contributed by atoms with Gasteiger partial charge in [0.15, 0.2) is 0 Å². The molecule has 2 heterocycles. The lowest BCUT2D eigenvalue weighted by Gasteiger charge is -2.26. The summed E-state index contributed by atoms with van der Waals surface area (Å²) in [5, 5.41) is 13.6. The third kappa shape index (κ3) is 3.48. The predicted molar refractivity (Wildman–Crippen MR) is 93.5 cm³/mol. The molecule has 0 bridgehead atoms. The normalized spacial score (nSPS) is 16.9. The second-order valence-corrected chi connectivity index (χ2v) is 6.68. The highest BCUT2D eigenvalue weighted by Crippen LogP contribution is 2.26. The van der Waals surface area contributed by atoms with Gasteiger partial charge in [-0.25, -0.2) is 0 Å². The molecule has 1 atom stereocenters. The molecular formula is C19H27N3O. The molecular weight excluding hydrogens is 286 g/mol. The third-order valence-corrected chi connectivity index (χ3v) is 5.01. The molecule has 3 rings (SSSR count). The van der Waals surface area contributed by atoms with Gasteiger partial charge in [0.25, 0.3) is 0 Å². The summed E-state index contributed by atoms with van der Waals surface area (Å²) >= 11 is 0. The molecule has 1 N–H and O–H groups in total. The van der Waals surface area contributed by atoms with Crippen molar-refractivity contribution in [3.63, 3.8) is 0 Å². The van der Waals surface area contributed by atoms with Crippen LogP contribution >= 0.6 is 0 Å². The Morgan fingerprint density at radius 1 is 1.17 bits per heavy atom. The molecule has 4 nitrogen and oxygen atoms in total. The fourth-order valence-electron chi connectivity index (χ4n) is 3.59. The zero-order chi connectivity index (χ0) is 16.4. The lowest BCUT2D eigenvalue weighted by Crippen LogP contribution is -2.35. The first kappa shape index (κ1) is 16.2. The summed E-state index contributed by atoms with van der Waals surface area (Å²) in [6, 6.07) is 9.45. The van der Waals surface area contributed by atoms with E-state index in [1.807, 2.05) is 18.7 Å². The number of hydrogen-bond acceptors (Lipinski definition) is 3. The minimum Gasteiger partial charge on any atom is -0.396 e. The summed E-state index contributed by atoms with van der Waals surface area (Å²) in [6.07, 6.45) is 3.03. The van der Waals surface area contributed by atoms with Crippen molar-refractivity contribution in [1.29, 1.82) is 0 Å². The maximum atomic E-state index is 9.17. The summed E-state index contributed by atoms with van der Waals surface area (Å²) in [7, 11) is 2.01. The zero-order valence-electron chi connectivity index (χ0n) is 14.4. The van der Waals surface area contributed by atoms with Gasteiger partial charge < -0.3 is 5.11 Å². The summed E-state index contributed by atoms with van der Waals surface area (Å²) in [5.41, 5.74) is 6.41. The van der Waals surface area contributed by atoms with Crippen LogP contribution in [-0.2, 0) is 19.9 Å². The van der Waals surface area contributed by atoms with Gasteiger partial charge in [0, 0.05) is 38.3 Å². The maximum Gasteiger partial charge on any atom is 0.0681 e. The molecule has 0 saturated carbocycles. The van der Waals surface area contributed by atoms with Crippen LogP contribution in [0.5, 0.6) is 0 Å². The van der Waals surface area contributed by atoms with Crippen LogP contribution in [0.15, 0.2) is 24.3 Å². The number of rotatable bonds is 4. The number of aromatic nitrogens is 2. The Kier molecular flexibility index (Phi) is 4.83. The standard InChI is InChI=1S/C19H27N3O/c1-14-12-19(21(3)20-14)18-5-4-16-6-9-22(15(2)8-11-23)10-7-17(16)13-18/h4-5,12-13,15,23H,6-11H2,1-3H3. The molecule has 1 aliphatic heterocycles. The molecule has 0 amide bonds. The van der Waals surface area contributed by atoms with Gasteiger partial charge in [-0.15, -0.1) is 0 Å². The number of hydrogen-bond donors (Lipinski definition) is 1. The minimum atomic E-state index is 0.272. The highest BCUT2D eigenvalue weighted by Gasteiger charge is 2.19. The zero-order valence-corrected chi connectivity index (χ0v) is 14.4. The number of aliphatic hydroxyl groups is 1. The van der Waals surface area contributed by atoms with Crippen LogP contribution in [0.4, 0.5) is 0 Å². The first-order chi connectivity index (χ1) is 11.1. The van der Waals surface area contributed by atoms with Gasteiger partial charge in [-0.05, 0) is 56.4 Å².